The van der Waals surface area contributed by atoms with Crippen LogP contribution in [0.25, 0.3) is 5.69 Å². The van der Waals surface area contributed by atoms with Crippen molar-refractivity contribution in [1.29, 1.82) is 0 Å². The van der Waals surface area contributed by atoms with E-state index in [-0.39, 0.29) is 5.69 Å². The third kappa shape index (κ3) is 2.91. The smallest absolute Gasteiger partial charge is 0.347 e. The van der Waals surface area contributed by atoms with Crippen molar-refractivity contribution in [3.63, 3.8) is 0 Å². The molecule has 1 heterocycles. The normalized spacial score (nSPS) is 10.6. The van der Waals surface area contributed by atoms with Gasteiger partial charge < -0.3 is 10.5 Å². The molecule has 0 aliphatic heterocycles. The van der Waals surface area contributed by atoms with Gasteiger partial charge >= 0.3 is 5.69 Å². The number of ether oxygens (including phenoxy) is 1. The maximum Gasteiger partial charge on any atom is 0.347 e. The van der Waals surface area contributed by atoms with E-state index in [0.29, 0.717) is 30.2 Å². The number of benzene rings is 2. The van der Waals surface area contributed by atoms with Crippen LogP contribution in [0.15, 0.2) is 59.4 Å². The first-order valence-electron chi connectivity index (χ1n) is 6.97. The Kier molecular flexibility index (Phi) is 4.02. The molecule has 3 rings (SSSR count). The van der Waals surface area contributed by atoms with Gasteiger partial charge in [0.1, 0.15) is 17.3 Å². The van der Waals surface area contributed by atoms with Gasteiger partial charge in [0.15, 0.2) is 0 Å². The van der Waals surface area contributed by atoms with Gasteiger partial charge in [-0.25, -0.2) is 14.5 Å². The molecular formula is C16H16N4O2. The predicted molar refractivity (Wildman–Crippen MR) is 83.5 cm³/mol. The van der Waals surface area contributed by atoms with Crippen LogP contribution in [0.3, 0.4) is 0 Å². The van der Waals surface area contributed by atoms with E-state index in [1.807, 2.05) is 48.5 Å². The lowest BCUT2D eigenvalue weighted by Crippen LogP contribution is -2.18. The fourth-order valence-electron chi connectivity index (χ4n) is 2.20. The third-order valence-electron chi connectivity index (χ3n) is 3.16. The Morgan fingerprint density at radius 3 is 2.64 bits per heavy atom. The molecule has 6 heteroatoms. The molecular weight excluding hydrogens is 280 g/mol. The summed E-state index contributed by atoms with van der Waals surface area (Å²) in [5.41, 5.74) is 5.95. The van der Waals surface area contributed by atoms with Crippen LogP contribution in [0.5, 0.6) is 11.5 Å². The maximum atomic E-state index is 11.9. The quantitative estimate of drug-likeness (QED) is 0.752. The van der Waals surface area contributed by atoms with Gasteiger partial charge in [0.05, 0.1) is 5.69 Å². The SMILES string of the molecule is NCCc1n[nH]c(=O)n1-c1cccc(Oc2ccccc2)c1. The summed E-state index contributed by atoms with van der Waals surface area (Å²) in [5, 5.41) is 6.45. The number of nitrogens with two attached hydrogens (primary N) is 1. The lowest BCUT2D eigenvalue weighted by atomic mass is 10.2. The Labute approximate surface area is 127 Å². The predicted octanol–water partition coefficient (Wildman–Crippen LogP) is 1.85. The molecule has 3 N–H and O–H groups in total. The zero-order valence-corrected chi connectivity index (χ0v) is 11.9. The molecule has 0 amide bonds. The van der Waals surface area contributed by atoms with Gasteiger partial charge in [-0.3, -0.25) is 0 Å². The van der Waals surface area contributed by atoms with Gasteiger partial charge in [-0.2, -0.15) is 5.10 Å². The van der Waals surface area contributed by atoms with Crippen molar-refractivity contribution in [3.8, 4) is 17.2 Å². The number of H-pyrrole nitrogens is 1. The highest BCUT2D eigenvalue weighted by Crippen LogP contribution is 2.23. The molecule has 112 valence electrons. The van der Waals surface area contributed by atoms with E-state index in [2.05, 4.69) is 10.2 Å². The summed E-state index contributed by atoms with van der Waals surface area (Å²) in [4.78, 5) is 11.9. The zero-order chi connectivity index (χ0) is 15.4. The average molecular weight is 296 g/mol. The van der Waals surface area contributed by atoms with Crippen molar-refractivity contribution in [1.82, 2.24) is 14.8 Å². The van der Waals surface area contributed by atoms with E-state index in [9.17, 15) is 4.79 Å². The van der Waals surface area contributed by atoms with Crippen molar-refractivity contribution in [2.45, 2.75) is 6.42 Å². The van der Waals surface area contributed by atoms with Crippen LogP contribution < -0.4 is 16.2 Å². The molecule has 1 aromatic heterocycles. The highest BCUT2D eigenvalue weighted by Gasteiger charge is 2.10. The molecule has 0 aliphatic rings. The third-order valence-corrected chi connectivity index (χ3v) is 3.16. The first-order valence-corrected chi connectivity index (χ1v) is 6.97. The molecule has 0 fully saturated rings. The van der Waals surface area contributed by atoms with Gasteiger partial charge in [-0.15, -0.1) is 0 Å². The van der Waals surface area contributed by atoms with Crippen molar-refractivity contribution >= 4 is 0 Å². The van der Waals surface area contributed by atoms with Gasteiger partial charge in [0.25, 0.3) is 0 Å². The van der Waals surface area contributed by atoms with E-state index >= 15 is 0 Å². The van der Waals surface area contributed by atoms with E-state index in [0.717, 1.165) is 5.75 Å². The second kappa shape index (κ2) is 6.28. The van der Waals surface area contributed by atoms with Crippen LogP contribution in [0.4, 0.5) is 0 Å². The first-order chi connectivity index (χ1) is 10.8. The summed E-state index contributed by atoms with van der Waals surface area (Å²) in [5.74, 6) is 1.99. The Morgan fingerprint density at radius 2 is 1.86 bits per heavy atom. The molecule has 0 unspecified atom stereocenters. The van der Waals surface area contributed by atoms with E-state index in [4.69, 9.17) is 10.5 Å². The molecule has 0 bridgehead atoms. The van der Waals surface area contributed by atoms with Crippen LogP contribution in [-0.4, -0.2) is 21.3 Å². The highest BCUT2D eigenvalue weighted by molar-refractivity contribution is 5.41. The van der Waals surface area contributed by atoms with E-state index < -0.39 is 0 Å². The summed E-state index contributed by atoms with van der Waals surface area (Å²) in [7, 11) is 0. The van der Waals surface area contributed by atoms with Gasteiger partial charge in [0.2, 0.25) is 0 Å². The van der Waals surface area contributed by atoms with Crippen molar-refractivity contribution in [3.05, 3.63) is 70.9 Å². The van der Waals surface area contributed by atoms with Crippen LogP contribution in [0.2, 0.25) is 0 Å². The van der Waals surface area contributed by atoms with Gasteiger partial charge in [0, 0.05) is 12.5 Å². The highest BCUT2D eigenvalue weighted by atomic mass is 16.5. The van der Waals surface area contributed by atoms with Crippen molar-refractivity contribution < 1.29 is 4.74 Å². The number of nitrogens with zero attached hydrogens (tertiary/aromatic N) is 2. The van der Waals surface area contributed by atoms with Crippen LogP contribution in [0, 0.1) is 0 Å². The zero-order valence-electron chi connectivity index (χ0n) is 11.9. The summed E-state index contributed by atoms with van der Waals surface area (Å²) < 4.78 is 7.29. The maximum absolute atomic E-state index is 11.9. The molecule has 0 radical (unpaired) electrons. The second-order valence-corrected chi connectivity index (χ2v) is 4.73. The standard InChI is InChI=1S/C16H16N4O2/c17-10-9-15-18-19-16(21)20(15)12-5-4-8-14(11-12)22-13-6-2-1-3-7-13/h1-8,11H,9-10,17H2,(H,19,21). The van der Waals surface area contributed by atoms with Gasteiger partial charge in [-0.05, 0) is 30.8 Å². The Bertz CT molecular complexity index is 808. The van der Waals surface area contributed by atoms with Gasteiger partial charge in [-0.1, -0.05) is 24.3 Å². The number of rotatable bonds is 5. The summed E-state index contributed by atoms with van der Waals surface area (Å²) in [6.45, 7) is 0.421. The fourth-order valence-corrected chi connectivity index (χ4v) is 2.20. The molecule has 0 atom stereocenters. The minimum absolute atomic E-state index is 0.291. The number of aromatic amines is 1. The van der Waals surface area contributed by atoms with Crippen LogP contribution in [0.1, 0.15) is 5.82 Å². The minimum atomic E-state index is -0.291. The summed E-state index contributed by atoms with van der Waals surface area (Å²) in [6, 6.07) is 16.8. The van der Waals surface area contributed by atoms with E-state index in [1.165, 1.54) is 4.57 Å². The van der Waals surface area contributed by atoms with E-state index in [1.54, 1.807) is 6.07 Å². The largest absolute Gasteiger partial charge is 0.457 e. The molecule has 2 aromatic carbocycles. The molecule has 6 nitrogen and oxygen atoms in total. The lowest BCUT2D eigenvalue weighted by Gasteiger charge is -2.09. The number of aromatic nitrogens is 3. The lowest BCUT2D eigenvalue weighted by molar-refractivity contribution is 0.482. The fraction of sp³-hybridized carbons (Fsp3) is 0.125. The second-order valence-electron chi connectivity index (χ2n) is 4.73. The molecule has 0 spiro atoms. The number of hydrogen-bond donors (Lipinski definition) is 2. The Morgan fingerprint density at radius 1 is 1.09 bits per heavy atom. The minimum Gasteiger partial charge on any atom is -0.457 e. The Hall–Kier alpha value is -2.86. The molecule has 0 saturated heterocycles. The van der Waals surface area contributed by atoms with Crippen LogP contribution >= 0.6 is 0 Å². The molecule has 0 aliphatic carbocycles. The first kappa shape index (κ1) is 14.1. The summed E-state index contributed by atoms with van der Waals surface area (Å²) >= 11 is 0. The molecule has 3 aromatic rings. The molecule has 22 heavy (non-hydrogen) atoms. The number of hydrogen-bond acceptors (Lipinski definition) is 4. The Balaban J connectivity index is 1.95. The number of nitrogens with one attached hydrogen (secondary N) is 1. The number of para-hydroxylation sites is 1. The monoisotopic (exact) mass is 296 g/mol. The van der Waals surface area contributed by atoms with Crippen molar-refractivity contribution in [2.24, 2.45) is 5.73 Å². The molecule has 0 saturated carbocycles. The van der Waals surface area contributed by atoms with Crippen LogP contribution in [-0.2, 0) is 6.42 Å². The average Bonchev–Trinajstić information content (AvgIpc) is 2.90. The summed E-state index contributed by atoms with van der Waals surface area (Å²) in [6.07, 6.45) is 0.516. The topological polar surface area (TPSA) is 85.9 Å². The van der Waals surface area contributed by atoms with Crippen molar-refractivity contribution in [2.75, 3.05) is 6.54 Å².